The number of hydrogen-bond donors (Lipinski definition) is 1. The molecule has 1 heterocycles. The Kier molecular flexibility index (Phi) is 6.25. The van der Waals surface area contributed by atoms with Crippen molar-refractivity contribution in [1.82, 2.24) is 4.31 Å². The number of rotatable bonds is 6. The van der Waals surface area contributed by atoms with E-state index in [4.69, 9.17) is 4.74 Å². The summed E-state index contributed by atoms with van der Waals surface area (Å²) in [5, 5.41) is 2.73. The van der Waals surface area contributed by atoms with Crippen LogP contribution in [0.5, 0.6) is 0 Å². The van der Waals surface area contributed by atoms with Crippen LogP contribution in [0.15, 0.2) is 29.2 Å². The third-order valence-corrected chi connectivity index (χ3v) is 5.77. The predicted molar refractivity (Wildman–Crippen MR) is 87.6 cm³/mol. The molecule has 1 aliphatic heterocycles. The number of carbonyl (C=O) groups excluding carboxylic acids is 1. The first kappa shape index (κ1) is 17.3. The molecule has 1 saturated heterocycles. The summed E-state index contributed by atoms with van der Waals surface area (Å²) in [4.78, 5) is 11.9. The number of amides is 1. The molecule has 0 aliphatic carbocycles. The van der Waals surface area contributed by atoms with Gasteiger partial charge in [0.05, 0.1) is 18.1 Å². The van der Waals surface area contributed by atoms with Crippen molar-refractivity contribution < 1.29 is 17.9 Å². The van der Waals surface area contributed by atoms with E-state index in [-0.39, 0.29) is 10.8 Å². The average molecular weight is 344 g/mol. The first-order chi connectivity index (χ1) is 10.5. The maximum atomic E-state index is 12.6. The number of morpholine rings is 1. The second-order valence-electron chi connectivity index (χ2n) is 4.84. The van der Waals surface area contributed by atoms with Gasteiger partial charge in [-0.15, -0.1) is 0 Å². The molecule has 1 amide bonds. The number of benzene rings is 1. The number of nitrogens with zero attached hydrogens (tertiary/aromatic N) is 1. The van der Waals surface area contributed by atoms with Gasteiger partial charge in [0.2, 0.25) is 15.9 Å². The van der Waals surface area contributed by atoms with Crippen LogP contribution < -0.4 is 5.32 Å². The number of hydrogen-bond acceptors (Lipinski definition) is 5. The van der Waals surface area contributed by atoms with Crippen LogP contribution in [0.3, 0.4) is 0 Å². The van der Waals surface area contributed by atoms with Gasteiger partial charge in [-0.1, -0.05) is 6.07 Å². The minimum Gasteiger partial charge on any atom is -0.379 e. The number of nitrogens with one attached hydrogen (secondary N) is 1. The van der Waals surface area contributed by atoms with Crippen molar-refractivity contribution in [3.8, 4) is 0 Å². The van der Waals surface area contributed by atoms with E-state index < -0.39 is 10.0 Å². The summed E-state index contributed by atoms with van der Waals surface area (Å²) in [5.41, 5.74) is 0.500. The fourth-order valence-corrected chi connectivity index (χ4v) is 3.93. The molecular weight excluding hydrogens is 324 g/mol. The zero-order chi connectivity index (χ0) is 16.0. The molecule has 122 valence electrons. The minimum absolute atomic E-state index is 0.115. The molecule has 22 heavy (non-hydrogen) atoms. The molecule has 0 unspecified atom stereocenters. The van der Waals surface area contributed by atoms with E-state index in [2.05, 4.69) is 5.32 Å². The number of thioether (sulfide) groups is 1. The molecule has 1 N–H and O–H groups in total. The Labute approximate surface area is 135 Å². The lowest BCUT2D eigenvalue weighted by Gasteiger charge is -2.26. The zero-order valence-corrected chi connectivity index (χ0v) is 14.1. The zero-order valence-electron chi connectivity index (χ0n) is 12.4. The molecule has 0 saturated carbocycles. The van der Waals surface area contributed by atoms with Crippen LogP contribution in [0.1, 0.15) is 6.42 Å². The highest BCUT2D eigenvalue weighted by atomic mass is 32.2. The van der Waals surface area contributed by atoms with E-state index >= 15 is 0 Å². The van der Waals surface area contributed by atoms with E-state index in [1.54, 1.807) is 30.0 Å². The quantitative estimate of drug-likeness (QED) is 0.844. The SMILES string of the molecule is CSCCC(=O)Nc1cccc(S(=O)(=O)N2CCOCC2)c1. The maximum absolute atomic E-state index is 12.6. The van der Waals surface area contributed by atoms with Crippen molar-refractivity contribution in [2.24, 2.45) is 0 Å². The average Bonchev–Trinajstić information content (AvgIpc) is 2.54. The van der Waals surface area contributed by atoms with Gasteiger partial charge in [0.25, 0.3) is 0 Å². The van der Waals surface area contributed by atoms with Gasteiger partial charge in [-0.05, 0) is 24.5 Å². The molecule has 1 aromatic carbocycles. The molecule has 1 aromatic rings. The number of ether oxygens (including phenoxy) is 1. The lowest BCUT2D eigenvalue weighted by Crippen LogP contribution is -2.40. The smallest absolute Gasteiger partial charge is 0.243 e. The fraction of sp³-hybridized carbons (Fsp3) is 0.500. The van der Waals surface area contributed by atoms with Crippen molar-refractivity contribution >= 4 is 33.4 Å². The Bertz CT molecular complexity index is 613. The van der Waals surface area contributed by atoms with Crippen LogP contribution >= 0.6 is 11.8 Å². The largest absolute Gasteiger partial charge is 0.379 e. The van der Waals surface area contributed by atoms with Gasteiger partial charge in [-0.25, -0.2) is 8.42 Å². The van der Waals surface area contributed by atoms with E-state index in [1.165, 1.54) is 10.4 Å². The fourth-order valence-electron chi connectivity index (χ4n) is 2.09. The Balaban J connectivity index is 2.11. The van der Waals surface area contributed by atoms with Crippen molar-refractivity contribution in [2.45, 2.75) is 11.3 Å². The summed E-state index contributed by atoms with van der Waals surface area (Å²) in [6.07, 6.45) is 2.34. The molecule has 0 radical (unpaired) electrons. The van der Waals surface area contributed by atoms with Gasteiger partial charge < -0.3 is 10.1 Å². The van der Waals surface area contributed by atoms with Crippen LogP contribution in [0.25, 0.3) is 0 Å². The van der Waals surface area contributed by atoms with Gasteiger partial charge in [-0.3, -0.25) is 4.79 Å². The molecule has 2 rings (SSSR count). The van der Waals surface area contributed by atoms with Crippen molar-refractivity contribution in [2.75, 3.05) is 43.6 Å². The summed E-state index contributed by atoms with van der Waals surface area (Å²) in [6, 6.07) is 6.37. The van der Waals surface area contributed by atoms with Crippen LogP contribution in [0.4, 0.5) is 5.69 Å². The van der Waals surface area contributed by atoms with E-state index in [0.29, 0.717) is 38.4 Å². The highest BCUT2D eigenvalue weighted by Crippen LogP contribution is 2.20. The highest BCUT2D eigenvalue weighted by molar-refractivity contribution is 7.98. The van der Waals surface area contributed by atoms with Crippen molar-refractivity contribution in [3.63, 3.8) is 0 Å². The third kappa shape index (κ3) is 4.45. The summed E-state index contributed by atoms with van der Waals surface area (Å²) in [7, 11) is -3.54. The van der Waals surface area contributed by atoms with Gasteiger partial charge >= 0.3 is 0 Å². The van der Waals surface area contributed by atoms with Crippen LogP contribution in [0, 0.1) is 0 Å². The first-order valence-corrected chi connectivity index (χ1v) is 9.84. The van der Waals surface area contributed by atoms with Gasteiger partial charge in [-0.2, -0.15) is 16.1 Å². The molecule has 6 nitrogen and oxygen atoms in total. The molecule has 0 atom stereocenters. The van der Waals surface area contributed by atoms with E-state index in [9.17, 15) is 13.2 Å². The summed E-state index contributed by atoms with van der Waals surface area (Å²) >= 11 is 1.59. The van der Waals surface area contributed by atoms with Gasteiger partial charge in [0, 0.05) is 31.0 Å². The monoisotopic (exact) mass is 344 g/mol. The Morgan fingerprint density at radius 3 is 2.77 bits per heavy atom. The van der Waals surface area contributed by atoms with Crippen LogP contribution in [-0.2, 0) is 19.6 Å². The number of anilines is 1. The molecule has 1 fully saturated rings. The second-order valence-corrected chi connectivity index (χ2v) is 7.76. The standard InChI is InChI=1S/C14H20N2O4S2/c1-21-10-5-14(17)15-12-3-2-4-13(11-12)22(18,19)16-6-8-20-9-7-16/h2-4,11H,5-10H2,1H3,(H,15,17). The lowest BCUT2D eigenvalue weighted by atomic mass is 10.3. The number of sulfonamides is 1. The molecule has 1 aliphatic rings. The van der Waals surface area contributed by atoms with Crippen molar-refractivity contribution in [1.29, 1.82) is 0 Å². The molecule has 0 spiro atoms. The Morgan fingerprint density at radius 2 is 2.09 bits per heavy atom. The predicted octanol–water partition coefficient (Wildman–Crippen LogP) is 1.40. The van der Waals surface area contributed by atoms with Crippen LogP contribution in [-0.4, -0.2) is 56.9 Å². The summed E-state index contributed by atoms with van der Waals surface area (Å²) in [6.45, 7) is 1.52. The molecule has 8 heteroatoms. The highest BCUT2D eigenvalue weighted by Gasteiger charge is 2.26. The maximum Gasteiger partial charge on any atom is 0.243 e. The summed E-state index contributed by atoms with van der Waals surface area (Å²) in [5.74, 6) is 0.618. The first-order valence-electron chi connectivity index (χ1n) is 7.01. The van der Waals surface area contributed by atoms with Gasteiger partial charge in [0.15, 0.2) is 0 Å². The summed E-state index contributed by atoms with van der Waals surface area (Å²) < 4.78 is 31.7. The molecule has 0 bridgehead atoms. The number of carbonyl (C=O) groups is 1. The normalized spacial score (nSPS) is 16.4. The van der Waals surface area contributed by atoms with E-state index in [0.717, 1.165) is 5.75 Å². The Hall–Kier alpha value is -1.09. The molecular formula is C14H20N2O4S2. The lowest BCUT2D eigenvalue weighted by molar-refractivity contribution is -0.115. The second kappa shape index (κ2) is 7.96. The Morgan fingerprint density at radius 1 is 1.36 bits per heavy atom. The third-order valence-electron chi connectivity index (χ3n) is 3.26. The van der Waals surface area contributed by atoms with Crippen molar-refractivity contribution in [3.05, 3.63) is 24.3 Å². The topological polar surface area (TPSA) is 75.7 Å². The minimum atomic E-state index is -3.54. The van der Waals surface area contributed by atoms with Crippen LogP contribution in [0.2, 0.25) is 0 Å². The van der Waals surface area contributed by atoms with E-state index in [1.807, 2.05) is 6.26 Å². The molecule has 0 aromatic heterocycles. The van der Waals surface area contributed by atoms with Gasteiger partial charge in [0.1, 0.15) is 0 Å².